The summed E-state index contributed by atoms with van der Waals surface area (Å²) in [6.45, 7) is 3.75. The molecule has 0 unspecified atom stereocenters. The predicted octanol–water partition coefficient (Wildman–Crippen LogP) is -0.174. The molecule has 0 aliphatic rings. The van der Waals surface area contributed by atoms with Crippen molar-refractivity contribution in [1.82, 2.24) is 5.32 Å². The summed E-state index contributed by atoms with van der Waals surface area (Å²) >= 11 is 0. The second kappa shape index (κ2) is 8.71. The van der Waals surface area contributed by atoms with E-state index in [1.54, 1.807) is 0 Å². The first kappa shape index (κ1) is 19.0. The molecule has 0 saturated carbocycles. The molecule has 5 N–H and O–H groups in total. The van der Waals surface area contributed by atoms with Crippen LogP contribution in [-0.4, -0.2) is 40.1 Å². The Morgan fingerprint density at radius 3 is 2.06 bits per heavy atom. The SMILES string of the molecule is CC(C)C[C@H](N)C(=O)N[C@@H](CC(=O)O)C(=O)O.Cl. The fourth-order valence-corrected chi connectivity index (χ4v) is 1.27. The van der Waals surface area contributed by atoms with Gasteiger partial charge < -0.3 is 21.3 Å². The predicted molar refractivity (Wildman–Crippen MR) is 66.5 cm³/mol. The van der Waals surface area contributed by atoms with Gasteiger partial charge in [-0.3, -0.25) is 9.59 Å². The first-order chi connectivity index (χ1) is 7.73. The van der Waals surface area contributed by atoms with Crippen LogP contribution in [0.5, 0.6) is 0 Å². The van der Waals surface area contributed by atoms with Crippen molar-refractivity contribution in [3.05, 3.63) is 0 Å². The lowest BCUT2D eigenvalue weighted by atomic mass is 10.0. The van der Waals surface area contributed by atoms with Crippen LogP contribution in [0.4, 0.5) is 0 Å². The highest BCUT2D eigenvalue weighted by Crippen LogP contribution is 2.03. The van der Waals surface area contributed by atoms with E-state index in [2.05, 4.69) is 5.32 Å². The number of rotatable bonds is 7. The molecule has 0 saturated heterocycles. The smallest absolute Gasteiger partial charge is 0.326 e. The Bertz CT molecular complexity index is 309. The van der Waals surface area contributed by atoms with E-state index in [4.69, 9.17) is 15.9 Å². The van der Waals surface area contributed by atoms with Gasteiger partial charge in [-0.2, -0.15) is 0 Å². The van der Waals surface area contributed by atoms with Gasteiger partial charge in [-0.25, -0.2) is 4.79 Å². The highest BCUT2D eigenvalue weighted by molar-refractivity contribution is 5.89. The van der Waals surface area contributed by atoms with E-state index < -0.39 is 36.4 Å². The zero-order valence-corrected chi connectivity index (χ0v) is 11.1. The van der Waals surface area contributed by atoms with Crippen molar-refractivity contribution in [2.45, 2.75) is 38.8 Å². The summed E-state index contributed by atoms with van der Waals surface area (Å²) < 4.78 is 0. The Labute approximate surface area is 111 Å². The molecule has 0 aromatic rings. The van der Waals surface area contributed by atoms with E-state index in [-0.39, 0.29) is 18.3 Å². The number of nitrogens with one attached hydrogen (secondary N) is 1. The first-order valence-corrected chi connectivity index (χ1v) is 5.24. The van der Waals surface area contributed by atoms with Gasteiger partial charge in [0.05, 0.1) is 12.5 Å². The van der Waals surface area contributed by atoms with Crippen molar-refractivity contribution in [3.63, 3.8) is 0 Å². The van der Waals surface area contributed by atoms with Crippen LogP contribution in [0, 0.1) is 5.92 Å². The van der Waals surface area contributed by atoms with Crippen LogP contribution in [0.1, 0.15) is 26.7 Å². The third-order valence-electron chi connectivity index (χ3n) is 2.06. The molecular formula is C10H19ClN2O5. The van der Waals surface area contributed by atoms with E-state index in [1.165, 1.54) is 0 Å². The zero-order valence-electron chi connectivity index (χ0n) is 10.3. The molecule has 1 amide bonds. The van der Waals surface area contributed by atoms with Gasteiger partial charge in [0.25, 0.3) is 0 Å². The summed E-state index contributed by atoms with van der Waals surface area (Å²) in [4.78, 5) is 32.6. The summed E-state index contributed by atoms with van der Waals surface area (Å²) in [5.41, 5.74) is 5.54. The van der Waals surface area contributed by atoms with Gasteiger partial charge in [0.2, 0.25) is 5.91 Å². The average Bonchev–Trinajstić information content (AvgIpc) is 2.14. The number of carboxylic acids is 2. The van der Waals surface area contributed by atoms with Crippen LogP contribution < -0.4 is 11.1 Å². The lowest BCUT2D eigenvalue weighted by molar-refractivity contribution is -0.147. The van der Waals surface area contributed by atoms with Gasteiger partial charge in [0.15, 0.2) is 0 Å². The molecule has 7 nitrogen and oxygen atoms in total. The van der Waals surface area contributed by atoms with E-state index >= 15 is 0 Å². The lowest BCUT2D eigenvalue weighted by Crippen LogP contribution is -2.49. The van der Waals surface area contributed by atoms with Crippen molar-refractivity contribution in [2.24, 2.45) is 11.7 Å². The van der Waals surface area contributed by atoms with Crippen molar-refractivity contribution >= 4 is 30.3 Å². The van der Waals surface area contributed by atoms with Crippen LogP contribution in [0.3, 0.4) is 0 Å². The minimum Gasteiger partial charge on any atom is -0.481 e. The van der Waals surface area contributed by atoms with Gasteiger partial charge in [-0.15, -0.1) is 12.4 Å². The maximum atomic E-state index is 11.5. The fraction of sp³-hybridized carbons (Fsp3) is 0.700. The molecule has 2 atom stereocenters. The highest BCUT2D eigenvalue weighted by atomic mass is 35.5. The van der Waals surface area contributed by atoms with E-state index in [1.807, 2.05) is 13.8 Å². The molecule has 0 fully saturated rings. The average molecular weight is 283 g/mol. The van der Waals surface area contributed by atoms with Gasteiger partial charge in [0, 0.05) is 0 Å². The third-order valence-corrected chi connectivity index (χ3v) is 2.06. The van der Waals surface area contributed by atoms with Gasteiger partial charge in [0.1, 0.15) is 6.04 Å². The summed E-state index contributed by atoms with van der Waals surface area (Å²) in [6.07, 6.45) is -0.263. The number of halogens is 1. The monoisotopic (exact) mass is 282 g/mol. The maximum absolute atomic E-state index is 11.5. The van der Waals surface area contributed by atoms with Crippen molar-refractivity contribution in [3.8, 4) is 0 Å². The van der Waals surface area contributed by atoms with E-state index in [0.29, 0.717) is 6.42 Å². The summed E-state index contributed by atoms with van der Waals surface area (Å²) in [6, 6.07) is -2.27. The fourth-order valence-electron chi connectivity index (χ4n) is 1.27. The van der Waals surface area contributed by atoms with E-state index in [0.717, 1.165) is 0 Å². The highest BCUT2D eigenvalue weighted by Gasteiger charge is 2.25. The third kappa shape index (κ3) is 7.86. The van der Waals surface area contributed by atoms with Crippen molar-refractivity contribution < 1.29 is 24.6 Å². The number of carbonyl (C=O) groups is 3. The molecule has 0 aliphatic carbocycles. The van der Waals surface area contributed by atoms with Gasteiger partial charge in [-0.05, 0) is 12.3 Å². The van der Waals surface area contributed by atoms with Crippen LogP contribution in [0.25, 0.3) is 0 Å². The first-order valence-electron chi connectivity index (χ1n) is 5.24. The number of carboxylic acid groups (broad SMARTS) is 2. The number of amides is 1. The zero-order chi connectivity index (χ0) is 13.6. The molecule has 0 rings (SSSR count). The molecule has 0 heterocycles. The van der Waals surface area contributed by atoms with Crippen LogP contribution >= 0.6 is 12.4 Å². The second-order valence-electron chi connectivity index (χ2n) is 4.23. The minimum absolute atomic E-state index is 0. The molecule has 0 aromatic carbocycles. The molecule has 0 aliphatic heterocycles. The Morgan fingerprint density at radius 2 is 1.72 bits per heavy atom. The molecule has 106 valence electrons. The number of hydrogen-bond donors (Lipinski definition) is 4. The van der Waals surface area contributed by atoms with Crippen molar-refractivity contribution in [1.29, 1.82) is 0 Å². The molecule has 0 aromatic heterocycles. The number of nitrogens with two attached hydrogens (primary N) is 1. The summed E-state index contributed by atoms with van der Waals surface area (Å²) in [7, 11) is 0. The molecule has 0 spiro atoms. The minimum atomic E-state index is -1.45. The second-order valence-corrected chi connectivity index (χ2v) is 4.23. The summed E-state index contributed by atoms with van der Waals surface area (Å²) in [5, 5.41) is 19.3. The Morgan fingerprint density at radius 1 is 1.22 bits per heavy atom. The quantitative estimate of drug-likeness (QED) is 0.513. The van der Waals surface area contributed by atoms with Gasteiger partial charge >= 0.3 is 11.9 Å². The van der Waals surface area contributed by atoms with Crippen LogP contribution in [-0.2, 0) is 14.4 Å². The Hall–Kier alpha value is -1.34. The summed E-state index contributed by atoms with van der Waals surface area (Å²) in [5.74, 6) is -3.14. The Kier molecular flexibility index (Phi) is 9.20. The van der Waals surface area contributed by atoms with Crippen LogP contribution in [0.2, 0.25) is 0 Å². The standard InChI is InChI=1S/C10H18N2O5.ClH/c1-5(2)3-6(11)9(15)12-7(10(16)17)4-8(13)14;/h5-7H,3-4,11H2,1-2H3,(H,12,15)(H,13,14)(H,16,17);1H/t6-,7-;/m0./s1. The lowest BCUT2D eigenvalue weighted by Gasteiger charge is -2.17. The van der Waals surface area contributed by atoms with Crippen molar-refractivity contribution in [2.75, 3.05) is 0 Å². The largest absolute Gasteiger partial charge is 0.481 e. The molecule has 0 bridgehead atoms. The molecule has 8 heteroatoms. The normalized spacial score (nSPS) is 13.3. The topological polar surface area (TPSA) is 130 Å². The number of carbonyl (C=O) groups excluding carboxylic acids is 1. The maximum Gasteiger partial charge on any atom is 0.326 e. The molecule has 18 heavy (non-hydrogen) atoms. The Balaban J connectivity index is 0. The van der Waals surface area contributed by atoms with Crippen LogP contribution in [0.15, 0.2) is 0 Å². The van der Waals surface area contributed by atoms with Gasteiger partial charge in [-0.1, -0.05) is 13.8 Å². The van der Waals surface area contributed by atoms with E-state index in [9.17, 15) is 14.4 Å². The molecular weight excluding hydrogens is 264 g/mol. The molecule has 0 radical (unpaired) electrons. The number of hydrogen-bond acceptors (Lipinski definition) is 4. The number of aliphatic carboxylic acids is 2.